The minimum absolute atomic E-state index is 0.00443. The van der Waals surface area contributed by atoms with Crippen LogP contribution in [0.5, 0.6) is 0 Å². The zero-order valence-electron chi connectivity index (χ0n) is 16.9. The molecule has 1 aromatic carbocycles. The van der Waals surface area contributed by atoms with Crippen LogP contribution in [0, 0.1) is 11.7 Å². The lowest BCUT2D eigenvalue weighted by Gasteiger charge is -2.36. The number of rotatable bonds is 6. The van der Waals surface area contributed by atoms with E-state index in [9.17, 15) is 14.0 Å². The Hall–Kier alpha value is -2.31. The Morgan fingerprint density at radius 1 is 1.14 bits per heavy atom. The largest absolute Gasteiger partial charge is 0.338 e. The van der Waals surface area contributed by atoms with Crippen LogP contribution in [0.1, 0.15) is 38.7 Å². The predicted octanol–water partition coefficient (Wildman–Crippen LogP) is 3.28. The lowest BCUT2D eigenvalue weighted by Crippen LogP contribution is -2.50. The van der Waals surface area contributed by atoms with E-state index in [4.69, 9.17) is 0 Å². The minimum atomic E-state index is -0.266. The number of halogens is 1. The van der Waals surface area contributed by atoms with Crippen molar-refractivity contribution in [1.29, 1.82) is 0 Å². The van der Waals surface area contributed by atoms with Gasteiger partial charge in [-0.15, -0.1) is 0 Å². The Kier molecular flexibility index (Phi) is 6.75. The van der Waals surface area contributed by atoms with E-state index in [0.717, 1.165) is 24.8 Å². The highest BCUT2D eigenvalue weighted by atomic mass is 19.1. The van der Waals surface area contributed by atoms with Crippen LogP contribution in [0.25, 0.3) is 0 Å². The van der Waals surface area contributed by atoms with Crippen molar-refractivity contribution in [1.82, 2.24) is 20.0 Å². The van der Waals surface area contributed by atoms with Crippen LogP contribution in [0.3, 0.4) is 0 Å². The molecule has 7 heteroatoms. The normalized spacial score (nSPS) is 18.3. The number of likely N-dealkylation sites (tertiary alicyclic amines) is 1. The first-order valence-electron chi connectivity index (χ1n) is 10.3. The van der Waals surface area contributed by atoms with E-state index in [1.54, 1.807) is 12.1 Å². The zero-order chi connectivity index (χ0) is 20.1. The number of carbonyl (C=O) groups excluding carboxylic acids is 2. The quantitative estimate of drug-likeness (QED) is 0.810. The van der Waals surface area contributed by atoms with Gasteiger partial charge in [-0.25, -0.2) is 14.0 Å². The molecular weight excluding hydrogens is 359 g/mol. The summed E-state index contributed by atoms with van der Waals surface area (Å²) in [5.74, 6) is 0.309. The third-order valence-corrected chi connectivity index (χ3v) is 5.60. The lowest BCUT2D eigenvalue weighted by molar-refractivity contribution is 0.134. The van der Waals surface area contributed by atoms with Gasteiger partial charge in [0.05, 0.1) is 0 Å². The van der Waals surface area contributed by atoms with Crippen LogP contribution in [0.2, 0.25) is 0 Å². The van der Waals surface area contributed by atoms with E-state index in [0.29, 0.717) is 45.2 Å². The van der Waals surface area contributed by atoms with Crippen molar-refractivity contribution in [3.8, 4) is 0 Å². The highest BCUT2D eigenvalue weighted by Gasteiger charge is 2.35. The summed E-state index contributed by atoms with van der Waals surface area (Å²) in [4.78, 5) is 30.6. The second kappa shape index (κ2) is 9.26. The molecule has 1 aromatic rings. The molecule has 0 aliphatic carbocycles. The Balaban J connectivity index is 1.45. The molecule has 0 saturated carbocycles. The Bertz CT molecular complexity index is 671. The number of benzene rings is 1. The average molecular weight is 391 g/mol. The third kappa shape index (κ3) is 5.14. The maximum atomic E-state index is 13.1. The third-order valence-electron chi connectivity index (χ3n) is 5.60. The summed E-state index contributed by atoms with van der Waals surface area (Å²) in [7, 11) is 0. The number of nitrogens with one attached hydrogen (secondary N) is 1. The summed E-state index contributed by atoms with van der Waals surface area (Å²) in [6.45, 7) is 8.26. The molecule has 2 heterocycles. The Morgan fingerprint density at radius 2 is 1.82 bits per heavy atom. The van der Waals surface area contributed by atoms with E-state index < -0.39 is 0 Å². The van der Waals surface area contributed by atoms with E-state index in [2.05, 4.69) is 19.2 Å². The first-order chi connectivity index (χ1) is 13.4. The van der Waals surface area contributed by atoms with Crippen molar-refractivity contribution in [2.24, 2.45) is 5.92 Å². The molecule has 4 amide bonds. The summed E-state index contributed by atoms with van der Waals surface area (Å²) in [6.07, 6.45) is 2.61. The van der Waals surface area contributed by atoms with Gasteiger partial charge in [0.25, 0.3) is 0 Å². The van der Waals surface area contributed by atoms with Gasteiger partial charge in [0, 0.05) is 45.3 Å². The molecule has 0 unspecified atom stereocenters. The van der Waals surface area contributed by atoms with Gasteiger partial charge in [-0.2, -0.15) is 0 Å². The fraction of sp³-hybridized carbons (Fsp3) is 0.619. The summed E-state index contributed by atoms with van der Waals surface area (Å²) in [6, 6.07) is 6.54. The second-order valence-corrected chi connectivity index (χ2v) is 8.16. The minimum Gasteiger partial charge on any atom is -0.338 e. The predicted molar refractivity (Wildman–Crippen MR) is 106 cm³/mol. The van der Waals surface area contributed by atoms with Crippen LogP contribution in [0.4, 0.5) is 14.0 Å². The number of nitrogens with zero attached hydrogens (tertiary/aromatic N) is 3. The number of carbonyl (C=O) groups is 2. The van der Waals surface area contributed by atoms with Crippen LogP contribution in [0.15, 0.2) is 24.3 Å². The molecule has 0 radical (unpaired) electrons. The van der Waals surface area contributed by atoms with Gasteiger partial charge in [-0.3, -0.25) is 0 Å². The molecule has 2 saturated heterocycles. The van der Waals surface area contributed by atoms with Crippen LogP contribution < -0.4 is 5.32 Å². The van der Waals surface area contributed by atoms with Crippen molar-refractivity contribution < 1.29 is 14.0 Å². The number of amides is 4. The average Bonchev–Trinajstić information content (AvgIpc) is 3.04. The summed E-state index contributed by atoms with van der Waals surface area (Å²) in [5.41, 5.74) is 0.935. The fourth-order valence-corrected chi connectivity index (χ4v) is 3.86. The molecule has 2 aliphatic heterocycles. The topological polar surface area (TPSA) is 55.9 Å². The molecule has 0 bridgehead atoms. The molecule has 0 spiro atoms. The monoisotopic (exact) mass is 390 g/mol. The smallest absolute Gasteiger partial charge is 0.320 e. The van der Waals surface area contributed by atoms with Gasteiger partial charge in [0.15, 0.2) is 0 Å². The van der Waals surface area contributed by atoms with Crippen molar-refractivity contribution >= 4 is 12.1 Å². The molecule has 28 heavy (non-hydrogen) atoms. The van der Waals surface area contributed by atoms with Gasteiger partial charge in [-0.1, -0.05) is 26.0 Å². The van der Waals surface area contributed by atoms with Gasteiger partial charge in [-0.05, 0) is 42.9 Å². The van der Waals surface area contributed by atoms with Crippen molar-refractivity contribution in [2.75, 3.05) is 32.7 Å². The second-order valence-electron chi connectivity index (χ2n) is 8.16. The van der Waals surface area contributed by atoms with Crippen molar-refractivity contribution in [3.63, 3.8) is 0 Å². The standard InChI is InChI=1S/C21H31FN4O2/c1-16(2)7-10-23-20(27)24-11-8-19(9-12-24)26-14-13-25(21(26)28)15-17-3-5-18(22)6-4-17/h3-6,16,19H,7-15H2,1-2H3,(H,23,27). The number of urea groups is 2. The molecular formula is C21H31FN4O2. The lowest BCUT2D eigenvalue weighted by atomic mass is 10.0. The molecule has 1 N–H and O–H groups in total. The molecule has 0 atom stereocenters. The van der Waals surface area contributed by atoms with Gasteiger partial charge in [0.1, 0.15) is 5.82 Å². The zero-order valence-corrected chi connectivity index (χ0v) is 16.9. The maximum absolute atomic E-state index is 13.1. The van der Waals surface area contributed by atoms with Crippen LogP contribution in [-0.4, -0.2) is 65.5 Å². The van der Waals surface area contributed by atoms with Gasteiger partial charge < -0.3 is 20.0 Å². The highest BCUT2D eigenvalue weighted by Crippen LogP contribution is 2.23. The number of hydrogen-bond donors (Lipinski definition) is 1. The first-order valence-corrected chi connectivity index (χ1v) is 10.3. The fourth-order valence-electron chi connectivity index (χ4n) is 3.86. The van der Waals surface area contributed by atoms with Crippen molar-refractivity contribution in [3.05, 3.63) is 35.6 Å². The summed E-state index contributed by atoms with van der Waals surface area (Å²) in [5, 5.41) is 2.99. The van der Waals surface area contributed by atoms with Gasteiger partial charge >= 0.3 is 12.1 Å². The SMILES string of the molecule is CC(C)CCNC(=O)N1CCC(N2CCN(Cc3ccc(F)cc3)C2=O)CC1. The van der Waals surface area contributed by atoms with E-state index in [1.165, 1.54) is 12.1 Å². The molecule has 2 aliphatic rings. The van der Waals surface area contributed by atoms with Crippen molar-refractivity contribution in [2.45, 2.75) is 45.7 Å². The molecule has 3 rings (SSSR count). The summed E-state index contributed by atoms with van der Waals surface area (Å²) < 4.78 is 13.1. The highest BCUT2D eigenvalue weighted by molar-refractivity contribution is 5.77. The van der Waals surface area contributed by atoms with E-state index >= 15 is 0 Å². The van der Waals surface area contributed by atoms with E-state index in [-0.39, 0.29) is 23.9 Å². The molecule has 0 aromatic heterocycles. The molecule has 2 fully saturated rings. The maximum Gasteiger partial charge on any atom is 0.320 e. The van der Waals surface area contributed by atoms with E-state index in [1.807, 2.05) is 14.7 Å². The Labute approximate surface area is 166 Å². The summed E-state index contributed by atoms with van der Waals surface area (Å²) >= 11 is 0. The number of hydrogen-bond acceptors (Lipinski definition) is 2. The molecule has 6 nitrogen and oxygen atoms in total. The van der Waals surface area contributed by atoms with Crippen LogP contribution >= 0.6 is 0 Å². The number of piperidine rings is 1. The Morgan fingerprint density at radius 3 is 2.46 bits per heavy atom. The first kappa shape index (κ1) is 20.4. The van der Waals surface area contributed by atoms with Crippen LogP contribution in [-0.2, 0) is 6.54 Å². The van der Waals surface area contributed by atoms with Gasteiger partial charge in [0.2, 0.25) is 0 Å². The molecule has 154 valence electrons.